The molecule has 2 rings (SSSR count). The fourth-order valence-electron chi connectivity index (χ4n) is 2.16. The van der Waals surface area contributed by atoms with E-state index in [1.54, 1.807) is 6.26 Å². The minimum atomic E-state index is 0. The lowest BCUT2D eigenvalue weighted by atomic mass is 10.1. The van der Waals surface area contributed by atoms with E-state index in [-0.39, 0.29) is 24.0 Å². The quantitative estimate of drug-likeness (QED) is 0.273. The van der Waals surface area contributed by atoms with Gasteiger partial charge in [-0.1, -0.05) is 24.3 Å². The molecule has 0 unspecified atom stereocenters. The Kier molecular flexibility index (Phi) is 10.7. The summed E-state index contributed by atoms with van der Waals surface area (Å²) in [6, 6.07) is 12.3. The Balaban J connectivity index is 0.00000288. The van der Waals surface area contributed by atoms with Gasteiger partial charge in [0.05, 0.1) is 12.8 Å². The number of nitrogens with zero attached hydrogens (tertiary/aromatic N) is 1. The van der Waals surface area contributed by atoms with Gasteiger partial charge in [0.25, 0.3) is 0 Å². The van der Waals surface area contributed by atoms with Crippen molar-refractivity contribution in [2.45, 2.75) is 19.9 Å². The van der Waals surface area contributed by atoms with Crippen LogP contribution in [0.25, 0.3) is 0 Å². The number of rotatable bonds is 8. The van der Waals surface area contributed by atoms with Gasteiger partial charge in [-0.25, -0.2) is 4.99 Å². The molecular formula is C18H26IN3OS. The number of aliphatic imine (C=N–C) groups is 1. The monoisotopic (exact) mass is 459 g/mol. The number of hydrogen-bond acceptors (Lipinski definition) is 3. The Morgan fingerprint density at radius 2 is 1.92 bits per heavy atom. The zero-order valence-corrected chi connectivity index (χ0v) is 17.4. The molecule has 132 valence electrons. The Morgan fingerprint density at radius 3 is 2.62 bits per heavy atom. The second-order valence-corrected chi connectivity index (χ2v) is 6.25. The van der Waals surface area contributed by atoms with Crippen LogP contribution in [-0.2, 0) is 13.0 Å². The molecule has 0 radical (unpaired) electrons. The van der Waals surface area contributed by atoms with E-state index in [2.05, 4.69) is 48.1 Å². The van der Waals surface area contributed by atoms with E-state index in [0.29, 0.717) is 6.54 Å². The maximum atomic E-state index is 5.36. The molecule has 1 aromatic carbocycles. The zero-order valence-electron chi connectivity index (χ0n) is 14.2. The number of hydrogen-bond donors (Lipinski definition) is 2. The molecule has 0 saturated carbocycles. The molecule has 1 aromatic heterocycles. The molecule has 0 amide bonds. The predicted octanol–water partition coefficient (Wildman–Crippen LogP) is 3.85. The Labute approximate surface area is 165 Å². The highest BCUT2D eigenvalue weighted by Gasteiger charge is 2.01. The first-order chi connectivity index (χ1) is 11.3. The molecular weight excluding hydrogens is 433 g/mol. The topological polar surface area (TPSA) is 49.6 Å². The molecule has 0 bridgehead atoms. The molecule has 0 aliphatic carbocycles. The van der Waals surface area contributed by atoms with Gasteiger partial charge in [-0.2, -0.15) is 11.8 Å². The molecule has 0 fully saturated rings. The SMILES string of the molecule is CSCCNC(=NCc1ccccc1C)NCCc1ccco1.I. The van der Waals surface area contributed by atoms with Crippen molar-refractivity contribution in [3.05, 3.63) is 59.5 Å². The number of furan rings is 1. The second-order valence-electron chi connectivity index (χ2n) is 5.27. The third kappa shape index (κ3) is 7.61. The first-order valence-corrected chi connectivity index (χ1v) is 9.27. The number of guanidine groups is 1. The number of thioether (sulfide) groups is 1. The summed E-state index contributed by atoms with van der Waals surface area (Å²) in [5.74, 6) is 2.90. The van der Waals surface area contributed by atoms with Gasteiger partial charge in [0.1, 0.15) is 5.76 Å². The van der Waals surface area contributed by atoms with E-state index >= 15 is 0 Å². The average molecular weight is 459 g/mol. The Hall–Kier alpha value is -1.15. The third-order valence-electron chi connectivity index (χ3n) is 3.51. The highest BCUT2D eigenvalue weighted by Crippen LogP contribution is 2.08. The molecule has 24 heavy (non-hydrogen) atoms. The van der Waals surface area contributed by atoms with Crippen molar-refractivity contribution >= 4 is 41.7 Å². The Morgan fingerprint density at radius 1 is 1.12 bits per heavy atom. The summed E-state index contributed by atoms with van der Waals surface area (Å²) >= 11 is 1.82. The molecule has 2 N–H and O–H groups in total. The van der Waals surface area contributed by atoms with Gasteiger partial charge in [0.2, 0.25) is 0 Å². The molecule has 0 saturated heterocycles. The zero-order chi connectivity index (χ0) is 16.3. The van der Waals surface area contributed by atoms with Gasteiger partial charge in [-0.15, -0.1) is 24.0 Å². The molecule has 2 aromatic rings. The lowest BCUT2D eigenvalue weighted by molar-refractivity contribution is 0.507. The Bertz CT molecular complexity index is 602. The molecule has 0 aliphatic heterocycles. The minimum Gasteiger partial charge on any atom is -0.469 e. The van der Waals surface area contributed by atoms with Crippen molar-refractivity contribution < 1.29 is 4.42 Å². The fourth-order valence-corrected chi connectivity index (χ4v) is 2.46. The summed E-state index contributed by atoms with van der Waals surface area (Å²) < 4.78 is 5.36. The van der Waals surface area contributed by atoms with E-state index < -0.39 is 0 Å². The summed E-state index contributed by atoms with van der Waals surface area (Å²) in [6.45, 7) is 4.51. The summed E-state index contributed by atoms with van der Waals surface area (Å²) in [5.41, 5.74) is 2.53. The van der Waals surface area contributed by atoms with E-state index in [1.807, 2.05) is 23.9 Å². The number of aryl methyl sites for hydroxylation is 1. The minimum absolute atomic E-state index is 0. The van der Waals surface area contributed by atoms with E-state index in [9.17, 15) is 0 Å². The highest BCUT2D eigenvalue weighted by atomic mass is 127. The summed E-state index contributed by atoms with van der Waals surface area (Å²) in [6.07, 6.45) is 4.66. The van der Waals surface area contributed by atoms with Crippen LogP contribution in [0.4, 0.5) is 0 Å². The predicted molar refractivity (Wildman–Crippen MR) is 115 cm³/mol. The smallest absolute Gasteiger partial charge is 0.191 e. The van der Waals surface area contributed by atoms with Crippen LogP contribution in [0.3, 0.4) is 0 Å². The van der Waals surface area contributed by atoms with Crippen molar-refractivity contribution in [1.29, 1.82) is 0 Å². The first-order valence-electron chi connectivity index (χ1n) is 7.87. The molecule has 1 heterocycles. The summed E-state index contributed by atoms with van der Waals surface area (Å²) in [7, 11) is 0. The van der Waals surface area contributed by atoms with Crippen LogP contribution in [0.2, 0.25) is 0 Å². The lowest BCUT2D eigenvalue weighted by Crippen LogP contribution is -2.39. The number of benzene rings is 1. The average Bonchev–Trinajstić information content (AvgIpc) is 3.07. The van der Waals surface area contributed by atoms with Gasteiger partial charge >= 0.3 is 0 Å². The van der Waals surface area contributed by atoms with Gasteiger partial charge in [-0.3, -0.25) is 0 Å². The molecule has 0 atom stereocenters. The van der Waals surface area contributed by atoms with Crippen LogP contribution >= 0.6 is 35.7 Å². The van der Waals surface area contributed by atoms with E-state index in [4.69, 9.17) is 9.41 Å². The van der Waals surface area contributed by atoms with E-state index in [0.717, 1.165) is 37.0 Å². The summed E-state index contributed by atoms with van der Waals surface area (Å²) in [5, 5.41) is 6.75. The normalized spacial score (nSPS) is 11.0. The largest absolute Gasteiger partial charge is 0.469 e. The van der Waals surface area contributed by atoms with E-state index in [1.165, 1.54) is 11.1 Å². The highest BCUT2D eigenvalue weighted by molar-refractivity contribution is 14.0. The van der Waals surface area contributed by atoms with Gasteiger partial charge in [-0.05, 0) is 36.4 Å². The van der Waals surface area contributed by atoms with Crippen LogP contribution in [0.1, 0.15) is 16.9 Å². The molecule has 6 heteroatoms. The van der Waals surface area contributed by atoms with Crippen molar-refractivity contribution in [2.24, 2.45) is 4.99 Å². The van der Waals surface area contributed by atoms with Gasteiger partial charge in [0, 0.05) is 25.3 Å². The van der Waals surface area contributed by atoms with Crippen LogP contribution < -0.4 is 10.6 Å². The maximum Gasteiger partial charge on any atom is 0.191 e. The number of nitrogens with one attached hydrogen (secondary N) is 2. The first kappa shape index (κ1) is 20.9. The van der Waals surface area contributed by atoms with Crippen LogP contribution in [0, 0.1) is 6.92 Å². The molecule has 0 spiro atoms. The maximum absolute atomic E-state index is 5.36. The van der Waals surface area contributed by atoms with Gasteiger partial charge in [0.15, 0.2) is 5.96 Å². The van der Waals surface area contributed by atoms with Crippen LogP contribution in [0.15, 0.2) is 52.1 Å². The fraction of sp³-hybridized carbons (Fsp3) is 0.389. The number of halogens is 1. The van der Waals surface area contributed by atoms with Crippen LogP contribution in [-0.4, -0.2) is 31.1 Å². The van der Waals surface area contributed by atoms with Crippen molar-refractivity contribution in [2.75, 3.05) is 25.1 Å². The lowest BCUT2D eigenvalue weighted by Gasteiger charge is -2.12. The summed E-state index contributed by atoms with van der Waals surface area (Å²) in [4.78, 5) is 4.70. The van der Waals surface area contributed by atoms with Crippen LogP contribution in [0.5, 0.6) is 0 Å². The van der Waals surface area contributed by atoms with Crippen molar-refractivity contribution in [3.8, 4) is 0 Å². The standard InChI is InChI=1S/C18H25N3OS.HI/c1-15-6-3-4-7-16(15)14-21-18(20-11-13-23-2)19-10-9-17-8-5-12-22-17;/h3-8,12H,9-11,13-14H2,1-2H3,(H2,19,20,21);1H. The second kappa shape index (κ2) is 12.2. The molecule has 4 nitrogen and oxygen atoms in total. The van der Waals surface area contributed by atoms with Gasteiger partial charge < -0.3 is 15.1 Å². The van der Waals surface area contributed by atoms with Crippen molar-refractivity contribution in [1.82, 2.24) is 10.6 Å². The van der Waals surface area contributed by atoms with Crippen molar-refractivity contribution in [3.63, 3.8) is 0 Å². The third-order valence-corrected chi connectivity index (χ3v) is 4.12. The molecule has 0 aliphatic rings.